The minimum Gasteiger partial charge on any atom is -0.307 e. The van der Waals surface area contributed by atoms with Gasteiger partial charge in [0, 0.05) is 24.3 Å². The van der Waals surface area contributed by atoms with Gasteiger partial charge in [0.1, 0.15) is 0 Å². The summed E-state index contributed by atoms with van der Waals surface area (Å²) in [5, 5.41) is 3.45. The van der Waals surface area contributed by atoms with Crippen molar-refractivity contribution >= 4 is 10.0 Å². The van der Waals surface area contributed by atoms with Crippen molar-refractivity contribution in [1.29, 1.82) is 0 Å². The molecule has 0 bridgehead atoms. The molecule has 5 nitrogen and oxygen atoms in total. The first-order valence-corrected chi connectivity index (χ1v) is 8.82. The molecule has 1 heterocycles. The van der Waals surface area contributed by atoms with Crippen molar-refractivity contribution in [2.24, 2.45) is 0 Å². The van der Waals surface area contributed by atoms with Crippen LogP contribution in [0.2, 0.25) is 0 Å². The third-order valence-corrected chi connectivity index (χ3v) is 4.37. The lowest BCUT2D eigenvalue weighted by molar-refractivity contribution is 0.366. The van der Waals surface area contributed by atoms with Crippen molar-refractivity contribution in [3.63, 3.8) is 0 Å². The van der Waals surface area contributed by atoms with Gasteiger partial charge in [0.25, 0.3) is 0 Å². The summed E-state index contributed by atoms with van der Waals surface area (Å²) in [6.07, 6.45) is 6.26. The molecule has 1 aromatic heterocycles. The van der Waals surface area contributed by atoms with Crippen LogP contribution in [0, 0.1) is 0 Å². The zero-order chi connectivity index (χ0) is 14.8. The van der Waals surface area contributed by atoms with Crippen molar-refractivity contribution in [3.8, 4) is 0 Å². The van der Waals surface area contributed by atoms with Crippen LogP contribution in [0.1, 0.15) is 44.0 Å². The van der Waals surface area contributed by atoms with E-state index in [1.54, 1.807) is 0 Å². The maximum absolute atomic E-state index is 11.3. The maximum atomic E-state index is 11.3. The Labute approximate surface area is 121 Å². The van der Waals surface area contributed by atoms with E-state index in [1.165, 1.54) is 11.8 Å². The first-order chi connectivity index (χ1) is 9.27. The first kappa shape index (κ1) is 15.4. The summed E-state index contributed by atoms with van der Waals surface area (Å²) in [7, 11) is -3.20. The molecule has 0 aliphatic heterocycles. The second kappa shape index (κ2) is 5.79. The molecule has 0 spiro atoms. The molecule has 6 heteroatoms. The lowest BCUT2D eigenvalue weighted by atomic mass is 9.91. The number of hydrogen-bond acceptors (Lipinski definition) is 4. The number of aryl methyl sites for hydroxylation is 1. The van der Waals surface area contributed by atoms with Crippen LogP contribution in [0.5, 0.6) is 0 Å². The van der Waals surface area contributed by atoms with Crippen molar-refractivity contribution in [1.82, 2.24) is 15.0 Å². The van der Waals surface area contributed by atoms with Gasteiger partial charge < -0.3 is 5.32 Å². The largest absolute Gasteiger partial charge is 0.307 e. The minimum absolute atomic E-state index is 0.209. The molecule has 20 heavy (non-hydrogen) atoms. The normalized spacial score (nSPS) is 19.6. The summed E-state index contributed by atoms with van der Waals surface area (Å²) in [4.78, 5) is 4.47. The highest BCUT2D eigenvalue weighted by molar-refractivity contribution is 7.88. The van der Waals surface area contributed by atoms with E-state index in [4.69, 9.17) is 0 Å². The van der Waals surface area contributed by atoms with Gasteiger partial charge in [-0.1, -0.05) is 6.07 Å². The molecule has 1 atom stereocenters. The summed E-state index contributed by atoms with van der Waals surface area (Å²) in [5.74, 6) is 0. The maximum Gasteiger partial charge on any atom is 0.209 e. The Morgan fingerprint density at radius 3 is 2.90 bits per heavy atom. The Morgan fingerprint density at radius 1 is 1.45 bits per heavy atom. The molecule has 0 fully saturated rings. The van der Waals surface area contributed by atoms with Gasteiger partial charge in [-0.05, 0) is 44.7 Å². The molecule has 2 N–H and O–H groups in total. The Hall–Kier alpha value is -0.980. The standard InChI is InChI=1S/C14H23N3O2S/c1-14(2,17-20(3,18)19)10-16-12-8-4-6-11-7-5-9-15-13(11)12/h5,7,9,12,16-17H,4,6,8,10H2,1-3H3. The molecule has 2 rings (SSSR count). The lowest BCUT2D eigenvalue weighted by Gasteiger charge is -2.31. The average molecular weight is 297 g/mol. The van der Waals surface area contributed by atoms with Gasteiger partial charge in [-0.2, -0.15) is 0 Å². The fourth-order valence-electron chi connectivity index (χ4n) is 2.72. The quantitative estimate of drug-likeness (QED) is 0.861. The molecule has 112 valence electrons. The molecule has 0 aromatic carbocycles. The van der Waals surface area contributed by atoms with E-state index in [9.17, 15) is 8.42 Å². The third-order valence-electron chi connectivity index (χ3n) is 3.45. The summed E-state index contributed by atoms with van der Waals surface area (Å²) in [6.45, 7) is 4.33. The number of fused-ring (bicyclic) bond motifs is 1. The number of aromatic nitrogens is 1. The van der Waals surface area contributed by atoms with Crippen LogP contribution < -0.4 is 10.0 Å². The van der Waals surface area contributed by atoms with E-state index in [2.05, 4.69) is 21.1 Å². The number of nitrogens with one attached hydrogen (secondary N) is 2. The van der Waals surface area contributed by atoms with E-state index in [1.807, 2.05) is 26.1 Å². The topological polar surface area (TPSA) is 71.1 Å². The first-order valence-electron chi connectivity index (χ1n) is 6.93. The van der Waals surface area contributed by atoms with Crippen LogP contribution in [0.25, 0.3) is 0 Å². The fraction of sp³-hybridized carbons (Fsp3) is 0.643. The number of nitrogens with zero attached hydrogens (tertiary/aromatic N) is 1. The molecule has 1 aliphatic carbocycles. The Kier molecular flexibility index (Phi) is 4.46. The van der Waals surface area contributed by atoms with E-state index in [0.717, 1.165) is 25.0 Å². The molecular weight excluding hydrogens is 274 g/mol. The highest BCUT2D eigenvalue weighted by Gasteiger charge is 2.26. The van der Waals surface area contributed by atoms with Crippen molar-refractivity contribution in [2.75, 3.05) is 12.8 Å². The molecule has 1 aromatic rings. The highest BCUT2D eigenvalue weighted by Crippen LogP contribution is 2.27. The van der Waals surface area contributed by atoms with E-state index in [0.29, 0.717) is 6.54 Å². The van der Waals surface area contributed by atoms with Crippen LogP contribution in [-0.2, 0) is 16.4 Å². The fourth-order valence-corrected chi connectivity index (χ4v) is 3.80. The predicted molar refractivity (Wildman–Crippen MR) is 80.0 cm³/mol. The smallest absolute Gasteiger partial charge is 0.209 e. The van der Waals surface area contributed by atoms with E-state index in [-0.39, 0.29) is 6.04 Å². The van der Waals surface area contributed by atoms with Crippen LogP contribution in [0.15, 0.2) is 18.3 Å². The Balaban J connectivity index is 2.02. The molecule has 1 aliphatic rings. The summed E-state index contributed by atoms with van der Waals surface area (Å²) in [5.41, 5.74) is 1.89. The van der Waals surface area contributed by atoms with Crippen molar-refractivity contribution < 1.29 is 8.42 Å². The molecule has 0 saturated carbocycles. The van der Waals surface area contributed by atoms with Gasteiger partial charge in [0.2, 0.25) is 10.0 Å². The predicted octanol–water partition coefficient (Wildman–Crippen LogP) is 1.38. The lowest BCUT2D eigenvalue weighted by Crippen LogP contribution is -2.50. The van der Waals surface area contributed by atoms with Crippen LogP contribution >= 0.6 is 0 Å². The van der Waals surface area contributed by atoms with E-state index >= 15 is 0 Å². The zero-order valence-electron chi connectivity index (χ0n) is 12.3. The van der Waals surface area contributed by atoms with Crippen LogP contribution in [-0.4, -0.2) is 31.7 Å². The van der Waals surface area contributed by atoms with Gasteiger partial charge in [-0.3, -0.25) is 4.98 Å². The monoisotopic (exact) mass is 297 g/mol. The number of rotatable bonds is 5. The Bertz CT molecular complexity index is 570. The molecular formula is C14H23N3O2S. The van der Waals surface area contributed by atoms with Crippen LogP contribution in [0.4, 0.5) is 0 Å². The highest BCUT2D eigenvalue weighted by atomic mass is 32.2. The van der Waals surface area contributed by atoms with Gasteiger partial charge in [-0.25, -0.2) is 13.1 Å². The summed E-state index contributed by atoms with van der Waals surface area (Å²) >= 11 is 0. The second-order valence-corrected chi connectivity index (χ2v) is 7.88. The molecule has 1 unspecified atom stereocenters. The molecule has 0 radical (unpaired) electrons. The van der Waals surface area contributed by atoms with Crippen LogP contribution in [0.3, 0.4) is 0 Å². The van der Waals surface area contributed by atoms with Crippen molar-refractivity contribution in [3.05, 3.63) is 29.6 Å². The second-order valence-electron chi connectivity index (χ2n) is 6.13. The number of pyridine rings is 1. The minimum atomic E-state index is -3.20. The number of sulfonamides is 1. The SMILES string of the molecule is CC(C)(CNC1CCCc2cccnc21)NS(C)(=O)=O. The average Bonchev–Trinajstić information content (AvgIpc) is 2.33. The zero-order valence-corrected chi connectivity index (χ0v) is 13.1. The molecule has 0 amide bonds. The van der Waals surface area contributed by atoms with Gasteiger partial charge in [0.15, 0.2) is 0 Å². The molecule has 0 saturated heterocycles. The van der Waals surface area contributed by atoms with Crippen molar-refractivity contribution in [2.45, 2.75) is 44.7 Å². The third kappa shape index (κ3) is 4.26. The van der Waals surface area contributed by atoms with Gasteiger partial charge >= 0.3 is 0 Å². The van der Waals surface area contributed by atoms with E-state index < -0.39 is 15.6 Å². The van der Waals surface area contributed by atoms with Gasteiger partial charge in [-0.15, -0.1) is 0 Å². The summed E-state index contributed by atoms with van der Waals surface area (Å²) in [6, 6.07) is 4.30. The number of hydrogen-bond donors (Lipinski definition) is 2. The van der Waals surface area contributed by atoms with Gasteiger partial charge in [0.05, 0.1) is 11.9 Å². The Morgan fingerprint density at radius 2 is 2.20 bits per heavy atom. The summed E-state index contributed by atoms with van der Waals surface area (Å²) < 4.78 is 25.3.